The Morgan fingerprint density at radius 2 is 1.70 bits per heavy atom. The number of hydrogen-bond acceptors (Lipinski definition) is 5. The molecular formula is C12H10N2O5S. The normalized spacial score (nSPS) is 11.1. The number of anilines is 2. The minimum absolute atomic E-state index is 0.0396. The van der Waals surface area contributed by atoms with Crippen molar-refractivity contribution >= 4 is 27.2 Å². The van der Waals surface area contributed by atoms with Crippen molar-refractivity contribution in [3.05, 3.63) is 58.6 Å². The van der Waals surface area contributed by atoms with Gasteiger partial charge in [-0.05, 0) is 30.3 Å². The summed E-state index contributed by atoms with van der Waals surface area (Å²) in [5.74, 6) is 0. The Bertz CT molecular complexity index is 741. The molecule has 7 nitrogen and oxygen atoms in total. The lowest BCUT2D eigenvalue weighted by atomic mass is 10.2. The van der Waals surface area contributed by atoms with Gasteiger partial charge in [0.1, 0.15) is 0 Å². The molecule has 104 valence electrons. The summed E-state index contributed by atoms with van der Waals surface area (Å²) in [7, 11) is -4.26. The van der Waals surface area contributed by atoms with Crippen molar-refractivity contribution in [3.63, 3.8) is 0 Å². The van der Waals surface area contributed by atoms with Gasteiger partial charge in [-0.2, -0.15) is 8.42 Å². The quantitative estimate of drug-likeness (QED) is 0.509. The number of nitrogens with one attached hydrogen (secondary N) is 1. The zero-order valence-electron chi connectivity index (χ0n) is 10.1. The van der Waals surface area contributed by atoms with Crippen LogP contribution in [0.25, 0.3) is 0 Å². The highest BCUT2D eigenvalue weighted by atomic mass is 32.2. The number of nitro benzene ring substituents is 1. The minimum atomic E-state index is -4.26. The Kier molecular flexibility index (Phi) is 3.68. The number of benzene rings is 2. The lowest BCUT2D eigenvalue weighted by Gasteiger charge is -2.07. The third-order valence-corrected chi connectivity index (χ3v) is 3.35. The zero-order valence-corrected chi connectivity index (χ0v) is 10.9. The van der Waals surface area contributed by atoms with E-state index in [0.717, 1.165) is 0 Å². The topological polar surface area (TPSA) is 110 Å². The predicted octanol–water partition coefficient (Wildman–Crippen LogP) is 2.59. The number of hydrogen-bond donors (Lipinski definition) is 2. The molecule has 0 aliphatic rings. The molecule has 0 unspecified atom stereocenters. The fourth-order valence-electron chi connectivity index (χ4n) is 1.57. The van der Waals surface area contributed by atoms with E-state index in [2.05, 4.69) is 5.32 Å². The van der Waals surface area contributed by atoms with E-state index in [0.29, 0.717) is 11.4 Å². The van der Waals surface area contributed by atoms with E-state index in [1.165, 1.54) is 42.5 Å². The number of non-ortho nitro benzene ring substituents is 1. The molecule has 0 atom stereocenters. The standard InChI is InChI=1S/C12H10N2O5S/c15-14(16)11-6-4-9(5-7-11)13-10-2-1-3-12(8-10)20(17,18)19/h1-8,13H,(H,17,18,19). The molecule has 2 aromatic rings. The van der Waals surface area contributed by atoms with Crippen molar-refractivity contribution < 1.29 is 17.9 Å². The summed E-state index contributed by atoms with van der Waals surface area (Å²) < 4.78 is 31.0. The molecule has 0 radical (unpaired) electrons. The second kappa shape index (κ2) is 5.27. The Balaban J connectivity index is 2.24. The van der Waals surface area contributed by atoms with Gasteiger partial charge in [0.15, 0.2) is 0 Å². The SMILES string of the molecule is O=[N+]([O-])c1ccc(Nc2cccc(S(=O)(=O)O)c2)cc1. The van der Waals surface area contributed by atoms with Crippen LogP contribution in [0.5, 0.6) is 0 Å². The first-order chi connectivity index (χ1) is 9.36. The number of nitro groups is 1. The molecule has 0 amide bonds. The lowest BCUT2D eigenvalue weighted by Crippen LogP contribution is -1.99. The first-order valence-electron chi connectivity index (χ1n) is 5.45. The Morgan fingerprint density at radius 1 is 1.05 bits per heavy atom. The van der Waals surface area contributed by atoms with Gasteiger partial charge in [0.25, 0.3) is 15.8 Å². The number of rotatable bonds is 4. The maximum absolute atomic E-state index is 11.0. The summed E-state index contributed by atoms with van der Waals surface area (Å²) in [6.45, 7) is 0. The predicted molar refractivity (Wildman–Crippen MR) is 72.6 cm³/mol. The fourth-order valence-corrected chi connectivity index (χ4v) is 2.09. The third-order valence-electron chi connectivity index (χ3n) is 2.50. The van der Waals surface area contributed by atoms with Gasteiger partial charge in [-0.1, -0.05) is 6.07 Å². The molecule has 0 fully saturated rings. The van der Waals surface area contributed by atoms with Gasteiger partial charge in [-0.3, -0.25) is 14.7 Å². The van der Waals surface area contributed by atoms with Gasteiger partial charge < -0.3 is 5.32 Å². The van der Waals surface area contributed by atoms with Gasteiger partial charge in [-0.25, -0.2) is 0 Å². The van der Waals surface area contributed by atoms with Crippen molar-refractivity contribution in [1.82, 2.24) is 0 Å². The second-order valence-corrected chi connectivity index (χ2v) is 5.35. The monoisotopic (exact) mass is 294 g/mol. The Morgan fingerprint density at radius 3 is 2.25 bits per heavy atom. The van der Waals surface area contributed by atoms with E-state index in [1.807, 2.05) is 0 Å². The molecule has 0 aliphatic carbocycles. The summed E-state index contributed by atoms with van der Waals surface area (Å²) in [6, 6.07) is 11.3. The van der Waals surface area contributed by atoms with Crippen LogP contribution >= 0.6 is 0 Å². The fraction of sp³-hybridized carbons (Fsp3) is 0. The van der Waals surface area contributed by atoms with Crippen LogP contribution < -0.4 is 5.32 Å². The summed E-state index contributed by atoms with van der Waals surface area (Å²) in [4.78, 5) is 9.77. The maximum atomic E-state index is 11.0. The van der Waals surface area contributed by atoms with Gasteiger partial charge in [0.05, 0.1) is 9.82 Å². The summed E-state index contributed by atoms with van der Waals surface area (Å²) in [5.41, 5.74) is 0.958. The molecule has 0 aromatic heterocycles. The van der Waals surface area contributed by atoms with E-state index in [4.69, 9.17) is 4.55 Å². The van der Waals surface area contributed by atoms with Crippen LogP contribution in [0.1, 0.15) is 0 Å². The molecule has 0 saturated carbocycles. The Hall–Kier alpha value is -2.45. The molecule has 0 heterocycles. The van der Waals surface area contributed by atoms with Crippen LogP contribution in [0, 0.1) is 10.1 Å². The van der Waals surface area contributed by atoms with Crippen molar-refractivity contribution in [2.24, 2.45) is 0 Å². The highest BCUT2D eigenvalue weighted by Gasteiger charge is 2.10. The average Bonchev–Trinajstić information content (AvgIpc) is 2.38. The van der Waals surface area contributed by atoms with Gasteiger partial charge in [-0.15, -0.1) is 0 Å². The molecule has 0 saturated heterocycles. The summed E-state index contributed by atoms with van der Waals surface area (Å²) in [6.07, 6.45) is 0. The highest BCUT2D eigenvalue weighted by Crippen LogP contribution is 2.22. The van der Waals surface area contributed by atoms with Gasteiger partial charge in [0, 0.05) is 23.5 Å². The lowest BCUT2D eigenvalue weighted by molar-refractivity contribution is -0.384. The second-order valence-electron chi connectivity index (χ2n) is 3.93. The molecule has 20 heavy (non-hydrogen) atoms. The molecule has 8 heteroatoms. The van der Waals surface area contributed by atoms with Crippen LogP contribution in [0.3, 0.4) is 0 Å². The van der Waals surface area contributed by atoms with Crippen LogP contribution in [0.4, 0.5) is 17.1 Å². The average molecular weight is 294 g/mol. The minimum Gasteiger partial charge on any atom is -0.355 e. The van der Waals surface area contributed by atoms with Crippen molar-refractivity contribution in [2.75, 3.05) is 5.32 Å². The zero-order chi connectivity index (χ0) is 14.8. The van der Waals surface area contributed by atoms with Crippen molar-refractivity contribution in [1.29, 1.82) is 0 Å². The largest absolute Gasteiger partial charge is 0.355 e. The Labute approximate surface area is 114 Å². The van der Waals surface area contributed by atoms with Crippen LogP contribution in [-0.2, 0) is 10.1 Å². The number of nitrogens with zero attached hydrogens (tertiary/aromatic N) is 1. The van der Waals surface area contributed by atoms with E-state index in [9.17, 15) is 18.5 Å². The van der Waals surface area contributed by atoms with Crippen LogP contribution in [-0.4, -0.2) is 17.9 Å². The molecular weight excluding hydrogens is 284 g/mol. The summed E-state index contributed by atoms with van der Waals surface area (Å²) >= 11 is 0. The molecule has 2 N–H and O–H groups in total. The van der Waals surface area contributed by atoms with Crippen LogP contribution in [0.2, 0.25) is 0 Å². The molecule has 0 spiro atoms. The van der Waals surface area contributed by atoms with Crippen molar-refractivity contribution in [3.8, 4) is 0 Å². The van der Waals surface area contributed by atoms with E-state index < -0.39 is 15.0 Å². The van der Waals surface area contributed by atoms with Gasteiger partial charge >= 0.3 is 0 Å². The third kappa shape index (κ3) is 3.31. The highest BCUT2D eigenvalue weighted by molar-refractivity contribution is 7.85. The maximum Gasteiger partial charge on any atom is 0.294 e. The van der Waals surface area contributed by atoms with Crippen molar-refractivity contribution in [2.45, 2.75) is 4.90 Å². The van der Waals surface area contributed by atoms with E-state index >= 15 is 0 Å². The first kappa shape index (κ1) is 14.0. The summed E-state index contributed by atoms with van der Waals surface area (Å²) in [5, 5.41) is 13.4. The van der Waals surface area contributed by atoms with E-state index in [1.54, 1.807) is 6.07 Å². The van der Waals surface area contributed by atoms with E-state index in [-0.39, 0.29) is 10.6 Å². The molecule has 2 aromatic carbocycles. The first-order valence-corrected chi connectivity index (χ1v) is 6.89. The molecule has 2 rings (SSSR count). The van der Waals surface area contributed by atoms with Crippen LogP contribution in [0.15, 0.2) is 53.4 Å². The molecule has 0 aliphatic heterocycles. The smallest absolute Gasteiger partial charge is 0.294 e. The molecule has 0 bridgehead atoms. The van der Waals surface area contributed by atoms with Gasteiger partial charge in [0.2, 0.25) is 0 Å².